The molecule has 0 bridgehead atoms. The Bertz CT molecular complexity index is 841. The molecule has 8 nitrogen and oxygen atoms in total. The number of aliphatic carboxylic acids is 1. The van der Waals surface area contributed by atoms with Crippen molar-refractivity contribution in [1.29, 1.82) is 0 Å². The highest BCUT2D eigenvalue weighted by Crippen LogP contribution is 2.36. The van der Waals surface area contributed by atoms with Crippen molar-refractivity contribution in [1.82, 2.24) is 20.0 Å². The topological polar surface area (TPSA) is 102 Å². The van der Waals surface area contributed by atoms with Gasteiger partial charge in [0.05, 0.1) is 19.3 Å². The number of thiazole rings is 1. The van der Waals surface area contributed by atoms with Gasteiger partial charge in [0, 0.05) is 36.5 Å². The summed E-state index contributed by atoms with van der Waals surface area (Å²) in [6, 6.07) is 0. The number of likely N-dealkylation sites (tertiary alicyclic amines) is 1. The highest BCUT2D eigenvalue weighted by atomic mass is 32.1. The van der Waals surface area contributed by atoms with Crippen LogP contribution in [0.15, 0.2) is 9.90 Å². The Hall–Kier alpha value is -2.05. The van der Waals surface area contributed by atoms with Crippen LogP contribution in [0.1, 0.15) is 22.4 Å². The predicted octanol–water partition coefficient (Wildman–Crippen LogP) is 2.47. The Kier molecular flexibility index (Phi) is 6.54. The zero-order chi connectivity index (χ0) is 21.2. The van der Waals surface area contributed by atoms with E-state index in [4.69, 9.17) is 19.2 Å². The molecule has 1 N–H and O–H groups in total. The van der Waals surface area contributed by atoms with Crippen LogP contribution in [0.4, 0.5) is 13.2 Å². The number of hydrogen-bond donors (Lipinski definition) is 1. The fourth-order valence-corrected chi connectivity index (χ4v) is 4.35. The van der Waals surface area contributed by atoms with Gasteiger partial charge in [-0.1, -0.05) is 5.16 Å². The summed E-state index contributed by atoms with van der Waals surface area (Å²) in [5.41, 5.74) is 1.11. The Balaban J connectivity index is 0.000000298. The highest BCUT2D eigenvalue weighted by molar-refractivity contribution is 7.09. The van der Waals surface area contributed by atoms with E-state index in [1.165, 1.54) is 5.01 Å². The van der Waals surface area contributed by atoms with Crippen molar-refractivity contribution in [2.45, 2.75) is 39.1 Å². The van der Waals surface area contributed by atoms with Crippen molar-refractivity contribution in [2.24, 2.45) is 11.8 Å². The van der Waals surface area contributed by atoms with Crippen LogP contribution in [-0.4, -0.2) is 63.1 Å². The third-order valence-electron chi connectivity index (χ3n) is 4.79. The normalized spacial score (nSPS) is 24.2. The van der Waals surface area contributed by atoms with Crippen LogP contribution in [0.2, 0.25) is 0 Å². The van der Waals surface area contributed by atoms with Crippen molar-refractivity contribution in [3.05, 3.63) is 27.8 Å². The molecule has 4 rings (SSSR count). The lowest BCUT2D eigenvalue weighted by molar-refractivity contribution is -0.192. The minimum Gasteiger partial charge on any atom is -0.475 e. The van der Waals surface area contributed by atoms with Crippen LogP contribution in [0, 0.1) is 25.7 Å². The molecule has 160 valence electrons. The maximum Gasteiger partial charge on any atom is 0.490 e. The number of hydrogen-bond acceptors (Lipinski definition) is 8. The minimum absolute atomic E-state index is 0.343. The second kappa shape index (κ2) is 8.76. The molecule has 29 heavy (non-hydrogen) atoms. The van der Waals surface area contributed by atoms with E-state index in [1.54, 1.807) is 11.3 Å². The van der Waals surface area contributed by atoms with Gasteiger partial charge in [0.2, 0.25) is 5.89 Å². The number of carboxylic acid groups (broad SMARTS) is 1. The second-order valence-corrected chi connectivity index (χ2v) is 8.06. The molecule has 2 saturated heterocycles. The largest absolute Gasteiger partial charge is 0.490 e. The average Bonchev–Trinajstić information content (AvgIpc) is 3.37. The molecule has 0 aromatic carbocycles. The first-order valence-corrected chi connectivity index (χ1v) is 9.84. The smallest absolute Gasteiger partial charge is 0.475 e. The van der Waals surface area contributed by atoms with Gasteiger partial charge in [0.15, 0.2) is 5.82 Å². The molecular weight excluding hydrogens is 413 g/mol. The van der Waals surface area contributed by atoms with Crippen molar-refractivity contribution >= 4 is 17.3 Å². The summed E-state index contributed by atoms with van der Waals surface area (Å²) in [6.07, 6.45) is -3.92. The Morgan fingerprint density at radius 3 is 2.62 bits per heavy atom. The molecule has 2 aromatic heterocycles. The molecule has 3 atom stereocenters. The van der Waals surface area contributed by atoms with Gasteiger partial charge in [-0.05, 0) is 19.8 Å². The molecule has 0 saturated carbocycles. The molecule has 0 aliphatic carbocycles. The number of halogens is 3. The van der Waals surface area contributed by atoms with E-state index in [9.17, 15) is 13.2 Å². The Morgan fingerprint density at radius 1 is 1.34 bits per heavy atom. The van der Waals surface area contributed by atoms with Gasteiger partial charge in [0.1, 0.15) is 5.01 Å². The highest BCUT2D eigenvalue weighted by Gasteiger charge is 2.44. The number of nitrogens with zero attached hydrogens (tertiary/aromatic N) is 4. The summed E-state index contributed by atoms with van der Waals surface area (Å²) in [5, 5.41) is 14.3. The average molecular weight is 434 g/mol. The molecule has 2 aliphatic rings. The maximum atomic E-state index is 10.6. The standard InChI is InChI=1S/C15H20N4O2S.C2HF3O2/c1-9-8-22-15(16-9)6-19-4-12-11(7-20-13(12)5-19)3-14-17-10(2)18-21-14;3-2(4,5)1(6)7/h8,11-13H,3-7H2,1-2H3;(H,6,7)/t11-,12-,13-;/m1./s1. The molecule has 2 fully saturated rings. The molecule has 0 spiro atoms. The number of rotatable bonds is 4. The lowest BCUT2D eigenvalue weighted by Gasteiger charge is -2.17. The summed E-state index contributed by atoms with van der Waals surface area (Å²) in [7, 11) is 0. The van der Waals surface area contributed by atoms with Gasteiger partial charge in [-0.25, -0.2) is 9.78 Å². The number of carboxylic acids is 1. The van der Waals surface area contributed by atoms with E-state index >= 15 is 0 Å². The van der Waals surface area contributed by atoms with Crippen LogP contribution in [0.25, 0.3) is 0 Å². The van der Waals surface area contributed by atoms with Gasteiger partial charge in [0.25, 0.3) is 0 Å². The number of aryl methyl sites for hydroxylation is 2. The molecule has 0 radical (unpaired) electrons. The van der Waals surface area contributed by atoms with E-state index in [0.717, 1.165) is 44.2 Å². The Morgan fingerprint density at radius 2 is 2.07 bits per heavy atom. The first kappa shape index (κ1) is 21.7. The monoisotopic (exact) mass is 434 g/mol. The zero-order valence-electron chi connectivity index (χ0n) is 15.8. The van der Waals surface area contributed by atoms with Crippen LogP contribution in [0.5, 0.6) is 0 Å². The molecule has 12 heteroatoms. The third kappa shape index (κ3) is 5.73. The molecule has 2 aliphatic heterocycles. The van der Waals surface area contributed by atoms with E-state index in [1.807, 2.05) is 13.8 Å². The summed E-state index contributed by atoms with van der Waals surface area (Å²) < 4.78 is 43.0. The van der Waals surface area contributed by atoms with Gasteiger partial charge < -0.3 is 14.4 Å². The van der Waals surface area contributed by atoms with Crippen molar-refractivity contribution < 1.29 is 32.3 Å². The van der Waals surface area contributed by atoms with E-state index in [2.05, 4.69) is 25.4 Å². The van der Waals surface area contributed by atoms with Crippen molar-refractivity contribution in [3.63, 3.8) is 0 Å². The fourth-order valence-electron chi connectivity index (χ4n) is 3.53. The number of fused-ring (bicyclic) bond motifs is 1. The van der Waals surface area contributed by atoms with Gasteiger partial charge in [-0.3, -0.25) is 4.90 Å². The van der Waals surface area contributed by atoms with E-state index in [-0.39, 0.29) is 0 Å². The van der Waals surface area contributed by atoms with Crippen LogP contribution >= 0.6 is 11.3 Å². The lowest BCUT2D eigenvalue weighted by Crippen LogP contribution is -2.24. The summed E-state index contributed by atoms with van der Waals surface area (Å²) in [4.78, 5) is 20.2. The zero-order valence-corrected chi connectivity index (χ0v) is 16.7. The molecule has 2 aromatic rings. The first-order valence-electron chi connectivity index (χ1n) is 8.96. The van der Waals surface area contributed by atoms with E-state index in [0.29, 0.717) is 23.8 Å². The molecule has 0 amide bonds. The van der Waals surface area contributed by atoms with Crippen LogP contribution < -0.4 is 0 Å². The van der Waals surface area contributed by atoms with Gasteiger partial charge in [-0.15, -0.1) is 11.3 Å². The SMILES string of the molecule is Cc1csc(CN2C[C@@H]3[C@H](Cc4nc(C)no4)CO[C@@H]3C2)n1.O=C(O)C(F)(F)F. The van der Waals surface area contributed by atoms with E-state index < -0.39 is 12.1 Å². The fraction of sp³-hybridized carbons (Fsp3) is 0.647. The number of carbonyl (C=O) groups is 1. The Labute approximate surface area is 168 Å². The molecule has 4 heterocycles. The third-order valence-corrected chi connectivity index (χ3v) is 5.74. The second-order valence-electron chi connectivity index (χ2n) is 7.11. The summed E-state index contributed by atoms with van der Waals surface area (Å²) in [6.45, 7) is 7.71. The molecular formula is C17H21F3N4O4S. The molecule has 0 unspecified atom stereocenters. The van der Waals surface area contributed by atoms with Crippen molar-refractivity contribution in [3.8, 4) is 0 Å². The van der Waals surface area contributed by atoms with Crippen molar-refractivity contribution in [2.75, 3.05) is 19.7 Å². The van der Waals surface area contributed by atoms with Gasteiger partial charge in [-0.2, -0.15) is 18.2 Å². The number of ether oxygens (including phenoxy) is 1. The quantitative estimate of drug-likeness (QED) is 0.783. The van der Waals surface area contributed by atoms with Crippen LogP contribution in [-0.2, 0) is 22.5 Å². The van der Waals surface area contributed by atoms with Crippen LogP contribution in [0.3, 0.4) is 0 Å². The maximum absolute atomic E-state index is 10.6. The summed E-state index contributed by atoms with van der Waals surface area (Å²) in [5.74, 6) is -0.271. The lowest BCUT2D eigenvalue weighted by atomic mass is 9.90. The first-order chi connectivity index (χ1) is 13.6. The summed E-state index contributed by atoms with van der Waals surface area (Å²) >= 11 is 1.74. The predicted molar refractivity (Wildman–Crippen MR) is 95.3 cm³/mol. The minimum atomic E-state index is -5.08. The number of aromatic nitrogens is 3. The number of alkyl halides is 3. The van der Waals surface area contributed by atoms with Gasteiger partial charge >= 0.3 is 12.1 Å².